The monoisotopic (exact) mass is 384 g/mol. The molecule has 7 heteroatoms. The smallest absolute Gasteiger partial charge is 0.356 e. The lowest BCUT2D eigenvalue weighted by molar-refractivity contribution is 0.0689. The third-order valence-electron chi connectivity index (χ3n) is 4.31. The molecule has 0 fully saturated rings. The third kappa shape index (κ3) is 3.31. The molecule has 0 aliphatic carbocycles. The Morgan fingerprint density at radius 3 is 2.63 bits per heavy atom. The Bertz CT molecular complexity index is 1160. The van der Waals surface area contributed by atoms with Gasteiger partial charge in [-0.05, 0) is 55.5 Å². The number of furan rings is 1. The molecule has 5 nitrogen and oxygen atoms in total. The first kappa shape index (κ1) is 17.3. The van der Waals surface area contributed by atoms with Crippen molar-refractivity contribution in [2.45, 2.75) is 13.5 Å². The number of aromatic carboxylic acids is 1. The van der Waals surface area contributed by atoms with E-state index in [0.29, 0.717) is 28.6 Å². The molecule has 1 N–H and O–H groups in total. The van der Waals surface area contributed by atoms with E-state index in [1.165, 1.54) is 18.2 Å². The summed E-state index contributed by atoms with van der Waals surface area (Å²) in [6.07, 6.45) is 0. The van der Waals surface area contributed by atoms with Gasteiger partial charge in [-0.1, -0.05) is 11.6 Å². The fourth-order valence-electron chi connectivity index (χ4n) is 3.00. The zero-order valence-electron chi connectivity index (χ0n) is 14.2. The minimum absolute atomic E-state index is 0.0165. The van der Waals surface area contributed by atoms with Gasteiger partial charge < -0.3 is 9.52 Å². The molecule has 4 rings (SSSR count). The van der Waals surface area contributed by atoms with Crippen molar-refractivity contribution < 1.29 is 18.7 Å². The summed E-state index contributed by atoms with van der Waals surface area (Å²) in [6, 6.07) is 12.9. The largest absolute Gasteiger partial charge is 0.476 e. The molecule has 2 heterocycles. The molecule has 0 radical (unpaired) electrons. The standard InChI is InChI=1S/C20H14ClFN2O3/c1-11-6-17(20(25)26)23-24(11)10-14-8-15(21)7-13-9-18(27-19(13)14)12-2-4-16(22)5-3-12/h2-9H,10H2,1H3,(H,25,26). The van der Waals surface area contributed by atoms with Gasteiger partial charge in [0, 0.05) is 27.2 Å². The zero-order valence-corrected chi connectivity index (χ0v) is 15.0. The summed E-state index contributed by atoms with van der Waals surface area (Å²) in [4.78, 5) is 11.1. The predicted molar refractivity (Wildman–Crippen MR) is 99.6 cm³/mol. The van der Waals surface area contributed by atoms with E-state index in [1.807, 2.05) is 6.07 Å². The van der Waals surface area contributed by atoms with Crippen molar-refractivity contribution in [2.75, 3.05) is 0 Å². The van der Waals surface area contributed by atoms with Crippen molar-refractivity contribution in [3.05, 3.63) is 76.3 Å². The SMILES string of the molecule is Cc1cc(C(=O)O)nn1Cc1cc(Cl)cc2cc(-c3ccc(F)cc3)oc12. The van der Waals surface area contributed by atoms with E-state index in [0.717, 1.165) is 16.5 Å². The first-order valence-electron chi connectivity index (χ1n) is 8.16. The van der Waals surface area contributed by atoms with E-state index in [4.69, 9.17) is 21.1 Å². The van der Waals surface area contributed by atoms with Crippen LogP contribution in [0.5, 0.6) is 0 Å². The molecule has 2 aromatic carbocycles. The third-order valence-corrected chi connectivity index (χ3v) is 4.53. The quantitative estimate of drug-likeness (QED) is 0.528. The van der Waals surface area contributed by atoms with E-state index in [2.05, 4.69) is 5.10 Å². The van der Waals surface area contributed by atoms with Gasteiger partial charge in [0.1, 0.15) is 17.2 Å². The number of halogens is 2. The Labute approximate surface area is 158 Å². The Morgan fingerprint density at radius 1 is 1.22 bits per heavy atom. The van der Waals surface area contributed by atoms with Crippen LogP contribution in [-0.4, -0.2) is 20.9 Å². The van der Waals surface area contributed by atoms with Crippen molar-refractivity contribution in [3.8, 4) is 11.3 Å². The Kier molecular flexibility index (Phi) is 4.20. The van der Waals surface area contributed by atoms with Crippen molar-refractivity contribution in [2.24, 2.45) is 0 Å². The average molecular weight is 385 g/mol. The minimum Gasteiger partial charge on any atom is -0.476 e. The van der Waals surface area contributed by atoms with Gasteiger partial charge in [-0.15, -0.1) is 0 Å². The molecular weight excluding hydrogens is 371 g/mol. The summed E-state index contributed by atoms with van der Waals surface area (Å²) in [5.74, 6) is -0.802. The Balaban J connectivity index is 1.78. The fraction of sp³-hybridized carbons (Fsp3) is 0.100. The Morgan fingerprint density at radius 2 is 1.96 bits per heavy atom. The maximum absolute atomic E-state index is 13.2. The molecule has 0 saturated carbocycles. The highest BCUT2D eigenvalue weighted by Crippen LogP contribution is 2.32. The highest BCUT2D eigenvalue weighted by Gasteiger charge is 2.15. The fourth-order valence-corrected chi connectivity index (χ4v) is 3.24. The van der Waals surface area contributed by atoms with E-state index in [-0.39, 0.29) is 11.5 Å². The van der Waals surface area contributed by atoms with Crippen LogP contribution in [0.2, 0.25) is 5.02 Å². The van der Waals surface area contributed by atoms with E-state index < -0.39 is 5.97 Å². The van der Waals surface area contributed by atoms with Gasteiger partial charge in [0.25, 0.3) is 0 Å². The van der Waals surface area contributed by atoms with E-state index >= 15 is 0 Å². The number of fused-ring (bicyclic) bond motifs is 1. The summed E-state index contributed by atoms with van der Waals surface area (Å²) in [5.41, 5.74) is 2.85. The molecule has 4 aromatic rings. The summed E-state index contributed by atoms with van der Waals surface area (Å²) in [5, 5.41) is 14.6. The number of carbonyl (C=O) groups is 1. The predicted octanol–water partition coefficient (Wildman–Crippen LogP) is 5.14. The number of hydrogen-bond donors (Lipinski definition) is 1. The van der Waals surface area contributed by atoms with Crippen LogP contribution in [-0.2, 0) is 6.54 Å². The molecule has 2 aromatic heterocycles. The maximum atomic E-state index is 13.2. The normalized spacial score (nSPS) is 11.2. The van der Waals surface area contributed by atoms with Crippen LogP contribution in [0, 0.1) is 12.7 Å². The molecule has 136 valence electrons. The second-order valence-corrected chi connectivity index (χ2v) is 6.67. The first-order chi connectivity index (χ1) is 12.9. The Hall–Kier alpha value is -3.12. The van der Waals surface area contributed by atoms with Gasteiger partial charge in [0.2, 0.25) is 0 Å². The molecule has 0 unspecified atom stereocenters. The first-order valence-corrected chi connectivity index (χ1v) is 8.54. The molecule has 0 amide bonds. The minimum atomic E-state index is -1.08. The maximum Gasteiger partial charge on any atom is 0.356 e. The van der Waals surface area contributed by atoms with Crippen LogP contribution < -0.4 is 0 Å². The van der Waals surface area contributed by atoms with Crippen molar-refractivity contribution >= 4 is 28.5 Å². The number of hydrogen-bond acceptors (Lipinski definition) is 3. The number of carboxylic acids is 1. The van der Waals surface area contributed by atoms with Gasteiger partial charge in [-0.2, -0.15) is 5.10 Å². The summed E-state index contributed by atoms with van der Waals surface area (Å²) in [7, 11) is 0. The van der Waals surface area contributed by atoms with Crippen LogP contribution in [0.4, 0.5) is 4.39 Å². The number of aromatic nitrogens is 2. The average Bonchev–Trinajstić information content (AvgIpc) is 3.20. The van der Waals surface area contributed by atoms with Crippen LogP contribution in [0.3, 0.4) is 0 Å². The summed E-state index contributed by atoms with van der Waals surface area (Å²) >= 11 is 6.25. The van der Waals surface area contributed by atoms with Gasteiger partial charge >= 0.3 is 5.97 Å². The van der Waals surface area contributed by atoms with Crippen molar-refractivity contribution in [3.63, 3.8) is 0 Å². The highest BCUT2D eigenvalue weighted by molar-refractivity contribution is 6.31. The van der Waals surface area contributed by atoms with Gasteiger partial charge in [-0.25, -0.2) is 9.18 Å². The molecule has 0 aliphatic rings. The molecule has 0 saturated heterocycles. The lowest BCUT2D eigenvalue weighted by Crippen LogP contribution is -2.06. The number of benzene rings is 2. The number of aryl methyl sites for hydroxylation is 1. The van der Waals surface area contributed by atoms with Gasteiger partial charge in [0.05, 0.1) is 6.54 Å². The molecule has 0 bridgehead atoms. The van der Waals surface area contributed by atoms with Gasteiger partial charge in [0.15, 0.2) is 5.69 Å². The summed E-state index contributed by atoms with van der Waals surface area (Å²) in [6.45, 7) is 2.10. The van der Waals surface area contributed by atoms with Crippen LogP contribution in [0.1, 0.15) is 21.7 Å². The zero-order chi connectivity index (χ0) is 19.1. The van der Waals surface area contributed by atoms with E-state index in [1.54, 1.807) is 35.9 Å². The highest BCUT2D eigenvalue weighted by atomic mass is 35.5. The number of rotatable bonds is 4. The van der Waals surface area contributed by atoms with Crippen LogP contribution in [0.25, 0.3) is 22.3 Å². The molecule has 27 heavy (non-hydrogen) atoms. The molecule has 0 atom stereocenters. The van der Waals surface area contributed by atoms with Crippen LogP contribution >= 0.6 is 11.6 Å². The number of nitrogens with zero attached hydrogens (tertiary/aromatic N) is 2. The number of carboxylic acid groups (broad SMARTS) is 1. The summed E-state index contributed by atoms with van der Waals surface area (Å²) < 4.78 is 20.8. The topological polar surface area (TPSA) is 68.3 Å². The lowest BCUT2D eigenvalue weighted by atomic mass is 10.1. The van der Waals surface area contributed by atoms with Crippen LogP contribution in [0.15, 0.2) is 52.9 Å². The molecule has 0 spiro atoms. The second-order valence-electron chi connectivity index (χ2n) is 6.23. The molecular formula is C20H14ClFN2O3. The van der Waals surface area contributed by atoms with Gasteiger partial charge in [-0.3, -0.25) is 4.68 Å². The lowest BCUT2D eigenvalue weighted by Gasteiger charge is -2.06. The van der Waals surface area contributed by atoms with Crippen molar-refractivity contribution in [1.29, 1.82) is 0 Å². The molecule has 0 aliphatic heterocycles. The van der Waals surface area contributed by atoms with Crippen molar-refractivity contribution in [1.82, 2.24) is 9.78 Å². The van der Waals surface area contributed by atoms with E-state index in [9.17, 15) is 9.18 Å². The second kappa shape index (κ2) is 6.55.